The Hall–Kier alpha value is -1.18. The lowest BCUT2D eigenvalue weighted by molar-refractivity contribution is -0.384. The van der Waals surface area contributed by atoms with E-state index in [1.807, 2.05) is 0 Å². The summed E-state index contributed by atoms with van der Waals surface area (Å²) in [4.78, 5) is 14.2. The Bertz CT molecular complexity index is 497. The number of nitrogens with two attached hydrogens (primary N) is 1. The average Bonchev–Trinajstić information content (AvgIpc) is 2.58. The van der Waals surface area contributed by atoms with Gasteiger partial charge in [-0.25, -0.2) is 4.98 Å². The molecule has 0 amide bonds. The molecule has 0 spiro atoms. The van der Waals surface area contributed by atoms with E-state index in [2.05, 4.69) is 4.98 Å². The summed E-state index contributed by atoms with van der Waals surface area (Å²) in [5.41, 5.74) is 0.822. The summed E-state index contributed by atoms with van der Waals surface area (Å²) in [6.45, 7) is 0. The maximum atomic E-state index is 10.5. The van der Waals surface area contributed by atoms with Crippen LogP contribution in [0.15, 0.2) is 22.5 Å². The molecule has 0 saturated heterocycles. The highest BCUT2D eigenvalue weighted by atomic mass is 32.2. The summed E-state index contributed by atoms with van der Waals surface area (Å²) in [7, 11) is 0. The largest absolute Gasteiger partial charge is 0.272 e. The molecule has 1 aromatic carbocycles. The van der Waals surface area contributed by atoms with Crippen LogP contribution < -0.4 is 5.14 Å². The van der Waals surface area contributed by atoms with Crippen molar-refractivity contribution in [3.05, 3.63) is 28.3 Å². The first-order valence-corrected chi connectivity index (χ1v) is 5.32. The van der Waals surface area contributed by atoms with E-state index in [9.17, 15) is 10.1 Å². The van der Waals surface area contributed by atoms with Crippen LogP contribution in [-0.4, -0.2) is 9.91 Å². The summed E-state index contributed by atoms with van der Waals surface area (Å²) < 4.78 is 1.49. The highest BCUT2D eigenvalue weighted by molar-refractivity contribution is 7.99. The zero-order valence-electron chi connectivity index (χ0n) is 6.84. The smallest absolute Gasteiger partial charge is 0.270 e. The quantitative estimate of drug-likeness (QED) is 0.483. The average molecular weight is 227 g/mol. The van der Waals surface area contributed by atoms with E-state index in [1.54, 1.807) is 6.07 Å². The van der Waals surface area contributed by atoms with Crippen LogP contribution >= 0.6 is 23.3 Å². The van der Waals surface area contributed by atoms with Crippen molar-refractivity contribution in [2.24, 2.45) is 5.14 Å². The summed E-state index contributed by atoms with van der Waals surface area (Å²) in [6.07, 6.45) is 0. The van der Waals surface area contributed by atoms with Gasteiger partial charge in [0.15, 0.2) is 4.34 Å². The normalized spacial score (nSPS) is 10.6. The van der Waals surface area contributed by atoms with E-state index < -0.39 is 4.92 Å². The van der Waals surface area contributed by atoms with Gasteiger partial charge in [0.05, 0.1) is 15.1 Å². The number of benzene rings is 1. The minimum Gasteiger partial charge on any atom is -0.272 e. The molecule has 0 aliphatic rings. The Morgan fingerprint density at radius 1 is 1.57 bits per heavy atom. The van der Waals surface area contributed by atoms with Gasteiger partial charge in [-0.3, -0.25) is 15.3 Å². The summed E-state index contributed by atoms with van der Waals surface area (Å²) in [5, 5.41) is 15.8. The van der Waals surface area contributed by atoms with Crippen molar-refractivity contribution in [2.75, 3.05) is 0 Å². The standard InChI is InChI=1S/C7H5N3O2S2/c8-14-7-9-5-2-1-4(10(11)12)3-6(5)13-7/h1-3H,8H2. The number of thiazole rings is 1. The molecule has 2 N–H and O–H groups in total. The predicted molar refractivity (Wildman–Crippen MR) is 56.3 cm³/mol. The van der Waals surface area contributed by atoms with Crippen molar-refractivity contribution in [3.63, 3.8) is 0 Å². The van der Waals surface area contributed by atoms with Crippen molar-refractivity contribution in [1.29, 1.82) is 0 Å². The number of fused-ring (bicyclic) bond motifs is 1. The maximum absolute atomic E-state index is 10.5. The fraction of sp³-hybridized carbons (Fsp3) is 0. The summed E-state index contributed by atoms with van der Waals surface area (Å²) in [6, 6.07) is 4.57. The lowest BCUT2D eigenvalue weighted by atomic mass is 10.3. The van der Waals surface area contributed by atoms with Gasteiger partial charge in [-0.05, 0) is 18.0 Å². The van der Waals surface area contributed by atoms with Crippen LogP contribution in [0.5, 0.6) is 0 Å². The summed E-state index contributed by atoms with van der Waals surface area (Å²) >= 11 is 2.40. The monoisotopic (exact) mass is 227 g/mol. The molecular weight excluding hydrogens is 222 g/mol. The van der Waals surface area contributed by atoms with Gasteiger partial charge in [-0.15, -0.1) is 11.3 Å². The third-order valence-electron chi connectivity index (χ3n) is 1.66. The topological polar surface area (TPSA) is 82.0 Å². The number of hydrogen-bond acceptors (Lipinski definition) is 6. The van der Waals surface area contributed by atoms with Gasteiger partial charge in [0.25, 0.3) is 5.69 Å². The van der Waals surface area contributed by atoms with Crippen molar-refractivity contribution >= 4 is 39.2 Å². The summed E-state index contributed by atoms with van der Waals surface area (Å²) in [5.74, 6) is 0. The van der Waals surface area contributed by atoms with Crippen molar-refractivity contribution in [1.82, 2.24) is 4.98 Å². The lowest BCUT2D eigenvalue weighted by Gasteiger charge is -1.88. The van der Waals surface area contributed by atoms with Crippen LogP contribution in [0.25, 0.3) is 10.2 Å². The minimum absolute atomic E-state index is 0.0784. The first-order chi connectivity index (χ1) is 6.70. The van der Waals surface area contributed by atoms with E-state index in [4.69, 9.17) is 5.14 Å². The van der Waals surface area contributed by atoms with Crippen LogP contribution in [0.1, 0.15) is 0 Å². The number of rotatable bonds is 2. The van der Waals surface area contributed by atoms with Crippen molar-refractivity contribution < 1.29 is 4.92 Å². The highest BCUT2D eigenvalue weighted by Gasteiger charge is 2.09. The van der Waals surface area contributed by atoms with Crippen molar-refractivity contribution in [2.45, 2.75) is 4.34 Å². The van der Waals surface area contributed by atoms with Crippen LogP contribution in [-0.2, 0) is 0 Å². The third-order valence-corrected chi connectivity index (χ3v) is 3.31. The Balaban J connectivity index is 2.59. The van der Waals surface area contributed by atoms with Gasteiger partial charge in [-0.1, -0.05) is 0 Å². The molecule has 1 aromatic heterocycles. The van der Waals surface area contributed by atoms with Gasteiger partial charge in [0.1, 0.15) is 0 Å². The molecule has 0 saturated carbocycles. The van der Waals surface area contributed by atoms with Gasteiger partial charge < -0.3 is 0 Å². The van der Waals surface area contributed by atoms with Crippen LogP contribution in [0.4, 0.5) is 5.69 Å². The van der Waals surface area contributed by atoms with Gasteiger partial charge in [0.2, 0.25) is 0 Å². The molecule has 2 rings (SSSR count). The van der Waals surface area contributed by atoms with E-state index in [0.717, 1.165) is 22.2 Å². The maximum Gasteiger partial charge on any atom is 0.270 e. The molecule has 5 nitrogen and oxygen atoms in total. The number of nitro groups is 1. The number of nitrogens with zero attached hydrogens (tertiary/aromatic N) is 2. The minimum atomic E-state index is -0.422. The highest BCUT2D eigenvalue weighted by Crippen LogP contribution is 2.29. The van der Waals surface area contributed by atoms with Gasteiger partial charge >= 0.3 is 0 Å². The zero-order valence-corrected chi connectivity index (χ0v) is 8.47. The molecule has 0 atom stereocenters. The second kappa shape index (κ2) is 3.52. The second-order valence-electron chi connectivity index (χ2n) is 2.51. The Morgan fingerprint density at radius 2 is 2.36 bits per heavy atom. The number of hydrogen-bond donors (Lipinski definition) is 1. The molecule has 0 unspecified atom stereocenters. The number of non-ortho nitro benzene ring substituents is 1. The number of nitro benzene ring substituents is 1. The van der Waals surface area contributed by atoms with Crippen LogP contribution in [0.3, 0.4) is 0 Å². The fourth-order valence-corrected chi connectivity index (χ4v) is 2.40. The van der Waals surface area contributed by atoms with Gasteiger partial charge in [0, 0.05) is 12.1 Å². The molecule has 2 aromatic rings. The molecule has 1 heterocycles. The molecule has 0 radical (unpaired) electrons. The Labute approximate surface area is 87.2 Å². The van der Waals surface area contributed by atoms with Crippen molar-refractivity contribution in [3.8, 4) is 0 Å². The molecule has 72 valence electrons. The van der Waals surface area contributed by atoms with Crippen LogP contribution in [0.2, 0.25) is 0 Å². The first kappa shape index (κ1) is 9.38. The molecule has 0 fully saturated rings. The predicted octanol–water partition coefficient (Wildman–Crippen LogP) is 2.17. The SMILES string of the molecule is NSc1nc2ccc([N+](=O)[O-])cc2s1. The number of aromatic nitrogens is 1. The van der Waals surface area contributed by atoms with Crippen LogP contribution in [0, 0.1) is 10.1 Å². The first-order valence-electron chi connectivity index (χ1n) is 3.62. The molecule has 0 aliphatic carbocycles. The molecular formula is C7H5N3O2S2. The second-order valence-corrected chi connectivity index (χ2v) is 4.42. The Morgan fingerprint density at radius 3 is 3.00 bits per heavy atom. The Kier molecular flexibility index (Phi) is 2.36. The molecule has 0 bridgehead atoms. The lowest BCUT2D eigenvalue weighted by Crippen LogP contribution is -1.85. The zero-order chi connectivity index (χ0) is 10.1. The molecule has 7 heteroatoms. The van der Waals surface area contributed by atoms with Gasteiger partial charge in [-0.2, -0.15) is 0 Å². The fourth-order valence-electron chi connectivity index (χ4n) is 1.06. The van der Waals surface area contributed by atoms with E-state index in [1.165, 1.54) is 23.5 Å². The van der Waals surface area contributed by atoms with E-state index >= 15 is 0 Å². The molecule has 14 heavy (non-hydrogen) atoms. The molecule has 0 aliphatic heterocycles. The van der Waals surface area contributed by atoms with E-state index in [-0.39, 0.29) is 5.69 Å². The third kappa shape index (κ3) is 1.57. The van der Waals surface area contributed by atoms with E-state index in [0.29, 0.717) is 4.34 Å².